The summed E-state index contributed by atoms with van der Waals surface area (Å²) in [6, 6.07) is 7.18. The molecule has 42 heavy (non-hydrogen) atoms. The number of amides is 1. The summed E-state index contributed by atoms with van der Waals surface area (Å²) in [5.74, 6) is -4.18. The van der Waals surface area contributed by atoms with Crippen LogP contribution in [0.4, 0.5) is 5.69 Å². The van der Waals surface area contributed by atoms with Crippen molar-refractivity contribution in [3.05, 3.63) is 53.1 Å². The Hall–Kier alpha value is -3.88. The Labute approximate surface area is 248 Å². The van der Waals surface area contributed by atoms with E-state index in [1.165, 1.54) is 88.8 Å². The Bertz CT molecular complexity index is 1140. The van der Waals surface area contributed by atoms with Gasteiger partial charge in [0.25, 0.3) is 0 Å². The summed E-state index contributed by atoms with van der Waals surface area (Å²) in [7, 11) is 0. The largest absolute Gasteiger partial charge is 0.478 e. The van der Waals surface area contributed by atoms with Crippen LogP contribution in [-0.4, -0.2) is 39.1 Å². The first-order valence-electron chi connectivity index (χ1n) is 15.2. The van der Waals surface area contributed by atoms with E-state index >= 15 is 0 Å². The standard InChI is InChI=1S/C33H45NO8/c1-2-3-4-5-6-7-8-9-10-11-12-13-14-15-16-17-30(35)34-28-23-24(31(36)37)18-19-29(28)42-27-21-25(32(38)39)20-26(22-27)33(40)41/h18-23H,2-17H2,1H3,(H,34,35)(H,36,37)(H,38,39)(H,40,41). The number of carboxylic acids is 3. The van der Waals surface area contributed by atoms with Crippen molar-refractivity contribution in [1.82, 2.24) is 0 Å². The molecule has 0 radical (unpaired) electrons. The molecule has 2 aromatic rings. The molecule has 0 aliphatic carbocycles. The molecule has 2 aromatic carbocycles. The first kappa shape index (κ1) is 34.3. The number of unbranched alkanes of at least 4 members (excludes halogenated alkanes) is 14. The van der Waals surface area contributed by atoms with E-state index in [0.717, 1.165) is 37.5 Å². The van der Waals surface area contributed by atoms with E-state index in [1.54, 1.807) is 0 Å². The number of benzene rings is 2. The SMILES string of the molecule is CCCCCCCCCCCCCCCCCC(=O)Nc1cc(C(=O)O)ccc1Oc1cc(C(=O)O)cc(C(=O)O)c1. The molecule has 0 atom stereocenters. The highest BCUT2D eigenvalue weighted by Gasteiger charge is 2.16. The fourth-order valence-electron chi connectivity index (χ4n) is 4.75. The molecule has 9 nitrogen and oxygen atoms in total. The van der Waals surface area contributed by atoms with E-state index in [1.807, 2.05) is 0 Å². The molecule has 0 spiro atoms. The van der Waals surface area contributed by atoms with Gasteiger partial charge in [-0.25, -0.2) is 14.4 Å². The molecule has 0 bridgehead atoms. The van der Waals surface area contributed by atoms with E-state index < -0.39 is 17.9 Å². The zero-order valence-electron chi connectivity index (χ0n) is 24.7. The van der Waals surface area contributed by atoms with Gasteiger partial charge in [0.2, 0.25) is 5.91 Å². The van der Waals surface area contributed by atoms with Crippen LogP contribution in [0.3, 0.4) is 0 Å². The van der Waals surface area contributed by atoms with Crippen molar-refractivity contribution >= 4 is 29.5 Å². The van der Waals surface area contributed by atoms with Gasteiger partial charge in [-0.15, -0.1) is 0 Å². The minimum absolute atomic E-state index is 0.0590. The first-order valence-corrected chi connectivity index (χ1v) is 15.2. The zero-order valence-corrected chi connectivity index (χ0v) is 24.7. The van der Waals surface area contributed by atoms with Crippen LogP contribution in [0.2, 0.25) is 0 Å². The number of hydrogen-bond donors (Lipinski definition) is 4. The monoisotopic (exact) mass is 583 g/mol. The second kappa shape index (κ2) is 19.3. The molecule has 0 aromatic heterocycles. The second-order valence-electron chi connectivity index (χ2n) is 10.7. The van der Waals surface area contributed by atoms with Gasteiger partial charge in [-0.3, -0.25) is 4.79 Å². The maximum Gasteiger partial charge on any atom is 0.335 e. The number of carbonyl (C=O) groups excluding carboxylic acids is 1. The molecule has 0 saturated heterocycles. The fourth-order valence-corrected chi connectivity index (χ4v) is 4.75. The Morgan fingerprint density at radius 2 is 1.05 bits per heavy atom. The van der Waals surface area contributed by atoms with Crippen molar-refractivity contribution in [3.63, 3.8) is 0 Å². The highest BCUT2D eigenvalue weighted by molar-refractivity contribution is 5.96. The van der Waals surface area contributed by atoms with Crippen molar-refractivity contribution in [3.8, 4) is 11.5 Å². The lowest BCUT2D eigenvalue weighted by Crippen LogP contribution is -2.13. The quantitative estimate of drug-likeness (QED) is 0.100. The summed E-state index contributed by atoms with van der Waals surface area (Å²) in [4.78, 5) is 47.0. The van der Waals surface area contributed by atoms with Gasteiger partial charge in [-0.1, -0.05) is 96.8 Å². The topological polar surface area (TPSA) is 150 Å². The van der Waals surface area contributed by atoms with Crippen LogP contribution in [0.5, 0.6) is 11.5 Å². The molecule has 0 heterocycles. The molecule has 230 valence electrons. The number of carboxylic acid groups (broad SMARTS) is 3. The van der Waals surface area contributed by atoms with Gasteiger partial charge in [0.05, 0.1) is 22.4 Å². The maximum atomic E-state index is 12.6. The van der Waals surface area contributed by atoms with Crippen molar-refractivity contribution in [1.29, 1.82) is 0 Å². The molecule has 1 amide bonds. The number of anilines is 1. The molecule has 0 saturated carbocycles. The van der Waals surface area contributed by atoms with E-state index in [4.69, 9.17) is 4.74 Å². The van der Waals surface area contributed by atoms with Crippen molar-refractivity contribution in [2.75, 3.05) is 5.32 Å². The van der Waals surface area contributed by atoms with Crippen LogP contribution in [0.1, 0.15) is 141 Å². The predicted molar refractivity (Wildman–Crippen MR) is 162 cm³/mol. The summed E-state index contributed by atoms with van der Waals surface area (Å²) in [5.41, 5.74) is -0.551. The summed E-state index contributed by atoms with van der Waals surface area (Å²) < 4.78 is 5.72. The normalized spacial score (nSPS) is 10.8. The minimum Gasteiger partial charge on any atom is -0.478 e. The van der Waals surface area contributed by atoms with Crippen LogP contribution in [0, 0.1) is 0 Å². The highest BCUT2D eigenvalue weighted by atomic mass is 16.5. The average molecular weight is 584 g/mol. The number of ether oxygens (including phenoxy) is 1. The number of aromatic carboxylic acids is 3. The van der Waals surface area contributed by atoms with Gasteiger partial charge in [-0.05, 0) is 42.8 Å². The lowest BCUT2D eigenvalue weighted by molar-refractivity contribution is -0.116. The lowest BCUT2D eigenvalue weighted by atomic mass is 10.0. The smallest absolute Gasteiger partial charge is 0.335 e. The van der Waals surface area contributed by atoms with Gasteiger partial charge in [-0.2, -0.15) is 0 Å². The number of nitrogens with one attached hydrogen (secondary N) is 1. The third-order valence-electron chi connectivity index (χ3n) is 7.14. The van der Waals surface area contributed by atoms with E-state index in [2.05, 4.69) is 12.2 Å². The number of hydrogen-bond acceptors (Lipinski definition) is 5. The molecule has 0 aliphatic heterocycles. The first-order chi connectivity index (χ1) is 20.2. The Morgan fingerprint density at radius 3 is 1.50 bits per heavy atom. The van der Waals surface area contributed by atoms with Crippen molar-refractivity contribution in [2.45, 2.75) is 110 Å². The molecule has 0 aliphatic rings. The van der Waals surface area contributed by atoms with E-state index in [9.17, 15) is 34.5 Å². The van der Waals surface area contributed by atoms with Crippen molar-refractivity contribution < 1.29 is 39.2 Å². The Kier molecular flexibility index (Phi) is 15.8. The van der Waals surface area contributed by atoms with E-state index in [0.29, 0.717) is 6.42 Å². The van der Waals surface area contributed by atoms with Gasteiger partial charge in [0.15, 0.2) is 5.75 Å². The fraction of sp³-hybridized carbons (Fsp3) is 0.515. The molecule has 2 rings (SSSR count). The van der Waals surface area contributed by atoms with Crippen LogP contribution in [0.25, 0.3) is 0 Å². The molecule has 0 fully saturated rings. The number of carbonyl (C=O) groups is 4. The van der Waals surface area contributed by atoms with Crippen molar-refractivity contribution in [2.24, 2.45) is 0 Å². The van der Waals surface area contributed by atoms with Gasteiger partial charge >= 0.3 is 17.9 Å². The summed E-state index contributed by atoms with van der Waals surface area (Å²) in [6.07, 6.45) is 18.6. The molecule has 4 N–H and O–H groups in total. The third kappa shape index (κ3) is 13.2. The van der Waals surface area contributed by atoms with E-state index in [-0.39, 0.29) is 46.2 Å². The molecule has 0 unspecified atom stereocenters. The number of rotatable bonds is 22. The van der Waals surface area contributed by atoms with Crippen LogP contribution >= 0.6 is 0 Å². The predicted octanol–water partition coefficient (Wildman–Crippen LogP) is 8.77. The minimum atomic E-state index is -1.33. The van der Waals surface area contributed by atoms with Crippen LogP contribution in [-0.2, 0) is 4.79 Å². The van der Waals surface area contributed by atoms with Crippen LogP contribution in [0.15, 0.2) is 36.4 Å². The Morgan fingerprint density at radius 1 is 0.595 bits per heavy atom. The lowest BCUT2D eigenvalue weighted by Gasteiger charge is -2.14. The maximum absolute atomic E-state index is 12.6. The molecular weight excluding hydrogens is 538 g/mol. The summed E-state index contributed by atoms with van der Waals surface area (Å²) >= 11 is 0. The Balaban J connectivity index is 1.79. The average Bonchev–Trinajstić information content (AvgIpc) is 2.95. The van der Waals surface area contributed by atoms with Gasteiger partial charge in [0.1, 0.15) is 5.75 Å². The molecule has 9 heteroatoms. The molecular formula is C33H45NO8. The summed E-state index contributed by atoms with van der Waals surface area (Å²) in [6.45, 7) is 2.24. The van der Waals surface area contributed by atoms with Crippen LogP contribution < -0.4 is 10.1 Å². The van der Waals surface area contributed by atoms with Gasteiger partial charge < -0.3 is 25.4 Å². The highest BCUT2D eigenvalue weighted by Crippen LogP contribution is 2.32. The zero-order chi connectivity index (χ0) is 30.7. The second-order valence-corrected chi connectivity index (χ2v) is 10.7. The third-order valence-corrected chi connectivity index (χ3v) is 7.14. The summed E-state index contributed by atoms with van der Waals surface area (Å²) in [5, 5.41) is 30.7. The van der Waals surface area contributed by atoms with Gasteiger partial charge in [0, 0.05) is 6.42 Å².